The van der Waals surface area contributed by atoms with Crippen LogP contribution < -0.4 is 0 Å². The normalized spacial score (nSPS) is 12.1. The summed E-state index contributed by atoms with van der Waals surface area (Å²) in [6, 6.07) is 6.82. The third kappa shape index (κ3) is 3.08. The lowest BCUT2D eigenvalue weighted by Gasteiger charge is -2.21. The lowest BCUT2D eigenvalue weighted by Crippen LogP contribution is -2.16. The van der Waals surface area contributed by atoms with Crippen molar-refractivity contribution in [3.63, 3.8) is 0 Å². The lowest BCUT2D eigenvalue weighted by molar-refractivity contribution is 0.349. The minimum atomic E-state index is -0.954. The number of phenolic OH excluding ortho intramolecular Hbond substituents is 1. The van der Waals surface area contributed by atoms with Crippen molar-refractivity contribution in [3.05, 3.63) is 47.0 Å². The Hall–Kier alpha value is -2.14. The summed E-state index contributed by atoms with van der Waals surface area (Å²) in [5.74, 6) is -1.46. The van der Waals surface area contributed by atoms with Crippen molar-refractivity contribution in [2.45, 2.75) is 27.3 Å². The highest BCUT2D eigenvalue weighted by atomic mass is 35.5. The Labute approximate surface area is 143 Å². The van der Waals surface area contributed by atoms with Crippen molar-refractivity contribution < 1.29 is 13.9 Å². The number of hydrogen-bond acceptors (Lipinski definition) is 2. The van der Waals surface area contributed by atoms with E-state index in [9.17, 15) is 13.9 Å². The summed E-state index contributed by atoms with van der Waals surface area (Å²) in [4.78, 5) is 4.41. The van der Waals surface area contributed by atoms with Gasteiger partial charge in [-0.3, -0.25) is 0 Å². The molecule has 0 atom stereocenters. The molecule has 3 nitrogen and oxygen atoms in total. The van der Waals surface area contributed by atoms with E-state index in [0.717, 1.165) is 12.1 Å². The monoisotopic (exact) mass is 350 g/mol. The molecule has 0 radical (unpaired) electrons. The highest BCUT2D eigenvalue weighted by Gasteiger charge is 2.22. The molecule has 6 heteroatoms. The fourth-order valence-corrected chi connectivity index (χ4v) is 2.82. The van der Waals surface area contributed by atoms with Gasteiger partial charge in [0.1, 0.15) is 11.6 Å². The van der Waals surface area contributed by atoms with Crippen LogP contribution in [0.25, 0.3) is 22.4 Å². The molecule has 3 aromatic rings. The summed E-state index contributed by atoms with van der Waals surface area (Å²) in [5.41, 5.74) is 1.08. The third-order valence-corrected chi connectivity index (χ3v) is 3.86. The second-order valence-corrected chi connectivity index (χ2v) is 7.44. The summed E-state index contributed by atoms with van der Waals surface area (Å²) in [5, 5.41) is 10.6. The maximum Gasteiger partial charge on any atom is 0.161 e. The number of aromatic hydroxyl groups is 1. The molecule has 0 saturated carbocycles. The Kier molecular flexibility index (Phi) is 4.00. The van der Waals surface area contributed by atoms with Crippen LogP contribution >= 0.6 is 11.6 Å². The molecule has 24 heavy (non-hydrogen) atoms. The van der Waals surface area contributed by atoms with Crippen LogP contribution in [-0.2, 0) is 6.54 Å². The Morgan fingerprint density at radius 2 is 1.79 bits per heavy atom. The van der Waals surface area contributed by atoms with Gasteiger partial charge in [-0.1, -0.05) is 32.4 Å². The van der Waals surface area contributed by atoms with Crippen LogP contribution in [0.3, 0.4) is 0 Å². The topological polar surface area (TPSA) is 38.0 Å². The molecule has 3 rings (SSSR count). The predicted octanol–water partition coefficient (Wildman–Crippen LogP) is 5.39. The largest absolute Gasteiger partial charge is 0.507 e. The molecule has 0 aliphatic heterocycles. The number of fused-ring (bicyclic) bond motifs is 1. The van der Waals surface area contributed by atoms with E-state index >= 15 is 0 Å². The van der Waals surface area contributed by atoms with E-state index < -0.39 is 11.6 Å². The van der Waals surface area contributed by atoms with Gasteiger partial charge < -0.3 is 9.67 Å². The number of nitrogens with zero attached hydrogens (tertiary/aromatic N) is 2. The second kappa shape index (κ2) is 5.74. The van der Waals surface area contributed by atoms with Gasteiger partial charge in [-0.15, -0.1) is 0 Å². The van der Waals surface area contributed by atoms with Crippen LogP contribution in [0.5, 0.6) is 5.75 Å². The highest BCUT2D eigenvalue weighted by Crippen LogP contribution is 2.35. The second-order valence-electron chi connectivity index (χ2n) is 7.00. The van der Waals surface area contributed by atoms with Gasteiger partial charge in [0.15, 0.2) is 11.6 Å². The molecule has 1 N–H and O–H groups in total. The molecule has 0 fully saturated rings. The van der Waals surface area contributed by atoms with E-state index in [-0.39, 0.29) is 11.2 Å². The van der Waals surface area contributed by atoms with Crippen molar-refractivity contribution in [3.8, 4) is 17.1 Å². The average molecular weight is 351 g/mol. The molecule has 0 unspecified atom stereocenters. The number of halogens is 3. The molecule has 2 aromatic carbocycles. The third-order valence-electron chi connectivity index (χ3n) is 3.62. The van der Waals surface area contributed by atoms with Gasteiger partial charge in [0, 0.05) is 23.7 Å². The number of rotatable bonds is 2. The molecule has 0 spiro atoms. The predicted molar refractivity (Wildman–Crippen MR) is 91.2 cm³/mol. The highest BCUT2D eigenvalue weighted by molar-refractivity contribution is 6.30. The van der Waals surface area contributed by atoms with Gasteiger partial charge >= 0.3 is 0 Å². The summed E-state index contributed by atoms with van der Waals surface area (Å²) < 4.78 is 29.1. The van der Waals surface area contributed by atoms with Crippen molar-refractivity contribution in [1.82, 2.24) is 9.55 Å². The first kappa shape index (κ1) is 16.7. The SMILES string of the molecule is CC(C)(C)Cn1c(-c2cc(Cl)ccc2O)nc2cc(F)c(F)cc21. The Balaban J connectivity index is 2.33. The van der Waals surface area contributed by atoms with Crippen LogP contribution in [0.15, 0.2) is 30.3 Å². The maximum atomic E-state index is 13.7. The van der Waals surface area contributed by atoms with Crippen LogP contribution in [0.4, 0.5) is 8.78 Å². The van der Waals surface area contributed by atoms with Crippen LogP contribution in [0.2, 0.25) is 5.02 Å². The van der Waals surface area contributed by atoms with Crippen molar-refractivity contribution in [2.24, 2.45) is 5.41 Å². The van der Waals surface area contributed by atoms with Gasteiger partial charge in [-0.25, -0.2) is 13.8 Å². The van der Waals surface area contributed by atoms with Gasteiger partial charge in [-0.05, 0) is 23.6 Å². The molecule has 0 saturated heterocycles. The van der Waals surface area contributed by atoms with Crippen LogP contribution in [0.1, 0.15) is 20.8 Å². The lowest BCUT2D eigenvalue weighted by atomic mass is 9.96. The number of benzene rings is 2. The van der Waals surface area contributed by atoms with Crippen LogP contribution in [0, 0.1) is 17.0 Å². The van der Waals surface area contributed by atoms with Gasteiger partial charge in [0.25, 0.3) is 0 Å². The first-order valence-corrected chi connectivity index (χ1v) is 7.88. The average Bonchev–Trinajstić information content (AvgIpc) is 2.78. The molecular formula is C18H17ClF2N2O. The zero-order valence-electron chi connectivity index (χ0n) is 13.6. The van der Waals surface area contributed by atoms with Gasteiger partial charge in [-0.2, -0.15) is 0 Å². The van der Waals surface area contributed by atoms with Crippen LogP contribution in [-0.4, -0.2) is 14.7 Å². The van der Waals surface area contributed by atoms with E-state index in [1.807, 2.05) is 20.8 Å². The van der Waals surface area contributed by atoms with E-state index in [1.54, 1.807) is 16.7 Å². The smallest absolute Gasteiger partial charge is 0.161 e. The van der Waals surface area contributed by atoms with Crippen molar-refractivity contribution in [2.75, 3.05) is 0 Å². The van der Waals surface area contributed by atoms with Gasteiger partial charge in [0.2, 0.25) is 0 Å². The molecule has 1 heterocycles. The quantitative estimate of drug-likeness (QED) is 0.673. The van der Waals surface area contributed by atoms with E-state index in [0.29, 0.717) is 34.0 Å². The molecule has 1 aromatic heterocycles. The molecule has 0 aliphatic rings. The summed E-state index contributed by atoms with van der Waals surface area (Å²) in [6.07, 6.45) is 0. The number of aromatic nitrogens is 2. The van der Waals surface area contributed by atoms with Crippen molar-refractivity contribution in [1.29, 1.82) is 0 Å². The summed E-state index contributed by atoms with van der Waals surface area (Å²) >= 11 is 6.03. The number of hydrogen-bond donors (Lipinski definition) is 1. The summed E-state index contributed by atoms with van der Waals surface area (Å²) in [6.45, 7) is 6.59. The first-order chi connectivity index (χ1) is 11.2. The fourth-order valence-electron chi connectivity index (χ4n) is 2.65. The minimum absolute atomic E-state index is 0.00538. The Morgan fingerprint density at radius 1 is 1.12 bits per heavy atom. The fraction of sp³-hybridized carbons (Fsp3) is 0.278. The van der Waals surface area contributed by atoms with E-state index in [2.05, 4.69) is 4.98 Å². The molecule has 0 bridgehead atoms. The zero-order chi connectivity index (χ0) is 17.6. The first-order valence-electron chi connectivity index (χ1n) is 7.50. The standard InChI is InChI=1S/C18H17ClF2N2O/c1-18(2,3)9-23-15-8-13(21)12(20)7-14(15)22-17(23)11-6-10(19)4-5-16(11)24/h4-8,24H,9H2,1-3H3. The molecule has 0 amide bonds. The van der Waals surface area contributed by atoms with E-state index in [4.69, 9.17) is 11.6 Å². The number of imidazole rings is 1. The number of phenols is 1. The zero-order valence-corrected chi connectivity index (χ0v) is 14.3. The molecule has 0 aliphatic carbocycles. The molecular weight excluding hydrogens is 334 g/mol. The Bertz CT molecular complexity index is 929. The maximum absolute atomic E-state index is 13.7. The van der Waals surface area contributed by atoms with E-state index in [1.165, 1.54) is 6.07 Å². The summed E-state index contributed by atoms with van der Waals surface area (Å²) in [7, 11) is 0. The molecule has 126 valence electrons. The minimum Gasteiger partial charge on any atom is -0.507 e. The van der Waals surface area contributed by atoms with Gasteiger partial charge in [0.05, 0.1) is 16.6 Å². The Morgan fingerprint density at radius 3 is 2.46 bits per heavy atom. The van der Waals surface area contributed by atoms with Crippen molar-refractivity contribution >= 4 is 22.6 Å².